The lowest BCUT2D eigenvalue weighted by molar-refractivity contribution is -0.139. The summed E-state index contributed by atoms with van der Waals surface area (Å²) in [5.74, 6) is -3.77. The molecule has 0 spiro atoms. The molecule has 0 saturated heterocycles. The van der Waals surface area contributed by atoms with Gasteiger partial charge in [-0.3, -0.25) is 19.2 Å². The molecule has 13 nitrogen and oxygen atoms in total. The zero-order chi connectivity index (χ0) is 36.5. The molecule has 0 heterocycles. The molecule has 49 heavy (non-hydrogen) atoms. The van der Waals surface area contributed by atoms with Crippen LogP contribution in [0.15, 0.2) is 54.6 Å². The first kappa shape index (κ1) is 40.8. The van der Waals surface area contributed by atoms with Crippen molar-refractivity contribution in [3.05, 3.63) is 60.2 Å². The Labute approximate surface area is 289 Å². The number of rotatable bonds is 19. The number of amides is 5. The molecule has 7 N–H and O–H groups in total. The zero-order valence-corrected chi connectivity index (χ0v) is 29.2. The van der Waals surface area contributed by atoms with E-state index in [-0.39, 0.29) is 32.1 Å². The first-order valence-electron chi connectivity index (χ1n) is 16.8. The average Bonchev–Trinajstić information content (AvgIpc) is 3.09. The van der Waals surface area contributed by atoms with Crippen molar-refractivity contribution in [3.8, 4) is 11.1 Å². The summed E-state index contributed by atoms with van der Waals surface area (Å²) >= 11 is 0. The fourth-order valence-corrected chi connectivity index (χ4v) is 5.07. The molecule has 0 aliphatic rings. The summed E-state index contributed by atoms with van der Waals surface area (Å²) in [4.78, 5) is 66.6. The van der Waals surface area contributed by atoms with E-state index in [9.17, 15) is 34.2 Å². The molecule has 2 aromatic rings. The van der Waals surface area contributed by atoms with Gasteiger partial charge >= 0.3 is 6.09 Å². The van der Waals surface area contributed by atoms with Crippen LogP contribution in [0.5, 0.6) is 0 Å². The Bertz CT molecular complexity index is 1370. The van der Waals surface area contributed by atoms with Crippen LogP contribution in [-0.2, 0) is 30.5 Å². The normalized spacial score (nSPS) is 14.1. The van der Waals surface area contributed by atoms with Crippen molar-refractivity contribution in [1.29, 1.82) is 0 Å². The van der Waals surface area contributed by atoms with Crippen LogP contribution in [0.3, 0.4) is 0 Å². The van der Waals surface area contributed by atoms with Crippen LogP contribution in [0.4, 0.5) is 4.79 Å². The van der Waals surface area contributed by atoms with Crippen LogP contribution < -0.4 is 21.7 Å². The molecule has 0 saturated carbocycles. The molecule has 0 bridgehead atoms. The molecular weight excluding hydrogens is 630 g/mol. The van der Waals surface area contributed by atoms with Gasteiger partial charge in [0, 0.05) is 18.9 Å². The van der Waals surface area contributed by atoms with E-state index < -0.39 is 66.4 Å². The number of nitrogens with zero attached hydrogens (tertiary/aromatic N) is 1. The molecular formula is C36H53N5O8. The van der Waals surface area contributed by atoms with Gasteiger partial charge in [0.15, 0.2) is 0 Å². The minimum Gasteiger partial charge on any atom is -0.444 e. The summed E-state index contributed by atoms with van der Waals surface area (Å²) in [6, 6.07) is 12.4. The van der Waals surface area contributed by atoms with E-state index in [1.807, 2.05) is 63.2 Å². The minimum absolute atomic E-state index is 0.122. The van der Waals surface area contributed by atoms with Gasteiger partial charge in [-0.25, -0.2) is 9.69 Å². The quantitative estimate of drug-likeness (QED) is 0.120. The highest BCUT2D eigenvalue weighted by Crippen LogP contribution is 2.24. The van der Waals surface area contributed by atoms with E-state index in [1.165, 1.54) is 13.8 Å². The average molecular weight is 684 g/mol. The fourth-order valence-electron chi connectivity index (χ4n) is 5.07. The van der Waals surface area contributed by atoms with E-state index in [4.69, 9.17) is 10.5 Å². The lowest BCUT2D eigenvalue weighted by atomic mass is 9.97. The van der Waals surface area contributed by atoms with Crippen molar-refractivity contribution < 1.29 is 38.9 Å². The standard InChI is InChI=1S/C36H53N5O8/c1-6-7-9-18-31(44)40-32(34(46)39-30(21-43)23(2)3)28(20-42)19-38-33(45)25(5)41(35(47)24(4)37)36(48)49-22-27-16-12-13-17-29(27)26-14-10-8-11-15-26/h8,10-17,23-25,28,30,32,42-43H,6-7,9,18-22,37H2,1-5H3,(H,38,45)(H,39,46)(H,40,44)/t24-,25-,28?,30?,32?/m0/s1. The number of unbranched alkanes of at least 4 members (excludes halogenated alkanes) is 2. The lowest BCUT2D eigenvalue weighted by Crippen LogP contribution is -2.58. The second-order valence-corrected chi connectivity index (χ2v) is 12.5. The molecule has 3 unspecified atom stereocenters. The summed E-state index contributed by atoms with van der Waals surface area (Å²) in [6.07, 6.45) is 1.41. The number of carbonyl (C=O) groups is 5. The molecule has 270 valence electrons. The maximum Gasteiger partial charge on any atom is 0.417 e. The van der Waals surface area contributed by atoms with Crippen LogP contribution in [0.1, 0.15) is 65.9 Å². The largest absolute Gasteiger partial charge is 0.444 e. The van der Waals surface area contributed by atoms with Crippen LogP contribution >= 0.6 is 0 Å². The number of nitrogens with two attached hydrogens (primary N) is 1. The van der Waals surface area contributed by atoms with E-state index in [1.54, 1.807) is 12.1 Å². The number of hydrogen-bond acceptors (Lipinski definition) is 9. The number of aliphatic hydroxyl groups excluding tert-OH is 2. The molecule has 5 atom stereocenters. The first-order chi connectivity index (χ1) is 23.4. The molecule has 0 aliphatic carbocycles. The predicted octanol–water partition coefficient (Wildman–Crippen LogP) is 2.48. The van der Waals surface area contributed by atoms with E-state index >= 15 is 0 Å². The Morgan fingerprint density at radius 2 is 1.51 bits per heavy atom. The number of benzene rings is 2. The molecule has 5 amide bonds. The maximum atomic E-state index is 13.4. The monoisotopic (exact) mass is 683 g/mol. The fraction of sp³-hybridized carbons (Fsp3) is 0.528. The zero-order valence-electron chi connectivity index (χ0n) is 29.2. The second kappa shape index (κ2) is 20.9. The number of imide groups is 1. The maximum absolute atomic E-state index is 13.4. The van der Waals surface area contributed by atoms with Crippen molar-refractivity contribution in [2.45, 2.75) is 91.1 Å². The van der Waals surface area contributed by atoms with E-state index in [0.29, 0.717) is 16.9 Å². The number of nitrogens with one attached hydrogen (secondary N) is 3. The van der Waals surface area contributed by atoms with Crippen molar-refractivity contribution in [2.24, 2.45) is 17.6 Å². The van der Waals surface area contributed by atoms with Gasteiger partial charge in [-0.05, 0) is 42.9 Å². The molecule has 0 radical (unpaired) electrons. The van der Waals surface area contributed by atoms with E-state index in [0.717, 1.165) is 24.0 Å². The Kier molecular flexibility index (Phi) is 17.4. The van der Waals surface area contributed by atoms with Crippen LogP contribution in [0.25, 0.3) is 11.1 Å². The molecule has 0 aliphatic heterocycles. The molecule has 0 aromatic heterocycles. The molecule has 2 aromatic carbocycles. The van der Waals surface area contributed by atoms with Gasteiger partial charge in [0.05, 0.1) is 25.3 Å². The molecule has 2 rings (SSSR count). The lowest BCUT2D eigenvalue weighted by Gasteiger charge is -2.30. The SMILES string of the molecule is CCCCCC(=O)NC(C(=O)NC(CO)C(C)C)C(CO)CNC(=O)[C@H](C)N(C(=O)OCc1ccccc1-c1ccccc1)C(=O)[C@H](C)N. The molecule has 0 fully saturated rings. The van der Waals surface area contributed by atoms with Crippen molar-refractivity contribution in [2.75, 3.05) is 19.8 Å². The van der Waals surface area contributed by atoms with Gasteiger partial charge in [-0.2, -0.15) is 0 Å². The van der Waals surface area contributed by atoms with Crippen molar-refractivity contribution in [1.82, 2.24) is 20.9 Å². The number of carbonyl (C=O) groups excluding carboxylic acids is 5. The highest BCUT2D eigenvalue weighted by Gasteiger charge is 2.36. The summed E-state index contributed by atoms with van der Waals surface area (Å²) in [5, 5.41) is 28.0. The second-order valence-electron chi connectivity index (χ2n) is 12.5. The van der Waals surface area contributed by atoms with Crippen molar-refractivity contribution >= 4 is 29.7 Å². The summed E-state index contributed by atoms with van der Waals surface area (Å²) in [7, 11) is 0. The summed E-state index contributed by atoms with van der Waals surface area (Å²) < 4.78 is 5.53. The van der Waals surface area contributed by atoms with Crippen LogP contribution in [0, 0.1) is 11.8 Å². The third-order valence-electron chi connectivity index (χ3n) is 8.22. The summed E-state index contributed by atoms with van der Waals surface area (Å²) in [5.41, 5.74) is 8.25. The van der Waals surface area contributed by atoms with Crippen molar-refractivity contribution in [3.63, 3.8) is 0 Å². The van der Waals surface area contributed by atoms with E-state index in [2.05, 4.69) is 16.0 Å². The smallest absolute Gasteiger partial charge is 0.417 e. The highest BCUT2D eigenvalue weighted by molar-refractivity contribution is 5.99. The number of aliphatic hydroxyl groups is 2. The molecule has 13 heteroatoms. The van der Waals surface area contributed by atoms with Gasteiger partial charge in [0.25, 0.3) is 0 Å². The highest BCUT2D eigenvalue weighted by atomic mass is 16.6. The topological polar surface area (TPSA) is 200 Å². The third kappa shape index (κ3) is 12.6. The Hall–Kier alpha value is -4.33. The Morgan fingerprint density at radius 3 is 2.10 bits per heavy atom. The van der Waals surface area contributed by atoms with Gasteiger partial charge in [0.1, 0.15) is 18.7 Å². The predicted molar refractivity (Wildman–Crippen MR) is 186 cm³/mol. The van der Waals surface area contributed by atoms with Gasteiger partial charge in [0.2, 0.25) is 23.6 Å². The third-order valence-corrected chi connectivity index (χ3v) is 8.22. The van der Waals surface area contributed by atoms with Gasteiger partial charge in [-0.15, -0.1) is 0 Å². The Morgan fingerprint density at radius 1 is 0.857 bits per heavy atom. The number of hydrogen-bond donors (Lipinski definition) is 6. The van der Waals surface area contributed by atoms with Gasteiger partial charge < -0.3 is 36.6 Å². The number of ether oxygens (including phenoxy) is 1. The van der Waals surface area contributed by atoms with Crippen LogP contribution in [0.2, 0.25) is 0 Å². The minimum atomic E-state index is -1.38. The first-order valence-corrected chi connectivity index (χ1v) is 16.8. The Balaban J connectivity index is 2.22. The summed E-state index contributed by atoms with van der Waals surface area (Å²) in [6.45, 7) is 6.91. The van der Waals surface area contributed by atoms with Gasteiger partial charge in [-0.1, -0.05) is 88.2 Å². The van der Waals surface area contributed by atoms with Crippen LogP contribution in [-0.4, -0.2) is 88.8 Å².